The molecule has 2 amide bonds. The van der Waals surface area contributed by atoms with Crippen molar-refractivity contribution >= 4 is 11.7 Å². The molecule has 6 nitrogen and oxygen atoms in total. The smallest absolute Gasteiger partial charge is 0.321 e. The Hall–Kier alpha value is -2.34. The van der Waals surface area contributed by atoms with Crippen molar-refractivity contribution in [3.63, 3.8) is 0 Å². The Kier molecular flexibility index (Phi) is 4.21. The molecule has 2 aromatic rings. The molecule has 2 fully saturated rings. The van der Waals surface area contributed by atoms with E-state index in [0.29, 0.717) is 6.04 Å². The Bertz CT molecular complexity index is 693. The molecular weight excluding hydrogens is 302 g/mol. The van der Waals surface area contributed by atoms with Gasteiger partial charge in [0.15, 0.2) is 0 Å². The lowest BCUT2D eigenvalue weighted by molar-refractivity contribution is 0.210. The fraction of sp³-hybridized carbons (Fsp3) is 0.444. The third kappa shape index (κ3) is 3.14. The molecule has 0 bridgehead atoms. The van der Waals surface area contributed by atoms with E-state index >= 15 is 0 Å². The first-order valence-corrected chi connectivity index (χ1v) is 8.70. The molecular formula is C18H23N5O. The number of hydrogen-bond donors (Lipinski definition) is 1. The topological polar surface area (TPSA) is 53.4 Å². The fourth-order valence-corrected chi connectivity index (χ4v) is 3.68. The number of hydrogen-bond acceptors (Lipinski definition) is 3. The van der Waals surface area contributed by atoms with E-state index in [9.17, 15) is 4.79 Å². The van der Waals surface area contributed by atoms with Gasteiger partial charge in [-0.1, -0.05) is 6.07 Å². The predicted molar refractivity (Wildman–Crippen MR) is 93.4 cm³/mol. The van der Waals surface area contributed by atoms with E-state index in [4.69, 9.17) is 0 Å². The van der Waals surface area contributed by atoms with Gasteiger partial charge in [-0.25, -0.2) is 9.48 Å². The van der Waals surface area contributed by atoms with Crippen molar-refractivity contribution in [2.45, 2.75) is 25.3 Å². The Morgan fingerprint density at radius 2 is 2.04 bits per heavy atom. The minimum absolute atomic E-state index is 0.00527. The lowest BCUT2D eigenvalue weighted by atomic mass is 10.2. The van der Waals surface area contributed by atoms with Crippen molar-refractivity contribution in [3.05, 3.63) is 42.7 Å². The average molecular weight is 325 g/mol. The van der Waals surface area contributed by atoms with Crippen LogP contribution in [0.25, 0.3) is 5.69 Å². The fourth-order valence-electron chi connectivity index (χ4n) is 3.68. The molecule has 0 radical (unpaired) electrons. The van der Waals surface area contributed by atoms with E-state index < -0.39 is 0 Å². The van der Waals surface area contributed by atoms with Crippen LogP contribution in [0.5, 0.6) is 0 Å². The van der Waals surface area contributed by atoms with E-state index in [1.54, 1.807) is 10.9 Å². The van der Waals surface area contributed by atoms with Crippen LogP contribution in [0.3, 0.4) is 0 Å². The number of nitrogens with one attached hydrogen (secondary N) is 1. The van der Waals surface area contributed by atoms with E-state index in [2.05, 4.69) is 15.3 Å². The van der Waals surface area contributed by atoms with Crippen LogP contribution in [0, 0.1) is 0 Å². The summed E-state index contributed by atoms with van der Waals surface area (Å²) in [4.78, 5) is 17.0. The van der Waals surface area contributed by atoms with Gasteiger partial charge in [0, 0.05) is 37.2 Å². The summed E-state index contributed by atoms with van der Waals surface area (Å²) in [6.07, 6.45) is 7.31. The zero-order valence-electron chi connectivity index (χ0n) is 13.8. The summed E-state index contributed by atoms with van der Waals surface area (Å²) in [6, 6.07) is 10.2. The third-order valence-electron chi connectivity index (χ3n) is 4.97. The number of aromatic nitrogens is 2. The summed E-state index contributed by atoms with van der Waals surface area (Å²) < 4.78 is 1.79. The second kappa shape index (κ2) is 6.65. The first-order valence-electron chi connectivity index (χ1n) is 8.70. The molecule has 1 N–H and O–H groups in total. The number of rotatable bonds is 3. The van der Waals surface area contributed by atoms with Gasteiger partial charge in [0.1, 0.15) is 0 Å². The number of carbonyl (C=O) groups is 1. The number of amides is 2. The van der Waals surface area contributed by atoms with Crippen LogP contribution in [-0.4, -0.2) is 57.8 Å². The standard InChI is InChI=1S/C18H23N5O/c24-18(22-12-7-17(14-22)21-9-1-2-10-21)20-15-5-3-6-16(13-15)23-11-4-8-19-23/h3-6,8,11,13,17H,1-2,7,9-10,12,14H2,(H,20,24). The maximum absolute atomic E-state index is 12.5. The van der Waals surface area contributed by atoms with Crippen molar-refractivity contribution in [3.8, 4) is 5.69 Å². The quantitative estimate of drug-likeness (QED) is 0.944. The van der Waals surface area contributed by atoms with Gasteiger partial charge in [0.2, 0.25) is 0 Å². The highest BCUT2D eigenvalue weighted by atomic mass is 16.2. The van der Waals surface area contributed by atoms with Gasteiger partial charge in [0.05, 0.1) is 5.69 Å². The van der Waals surface area contributed by atoms with E-state index in [0.717, 1.165) is 30.9 Å². The van der Waals surface area contributed by atoms with Gasteiger partial charge in [-0.05, 0) is 56.6 Å². The second-order valence-electron chi connectivity index (χ2n) is 6.56. The SMILES string of the molecule is O=C(Nc1cccc(-n2cccn2)c1)N1CCC(N2CCCC2)C1. The van der Waals surface area contributed by atoms with Crippen LogP contribution in [0.15, 0.2) is 42.7 Å². The van der Waals surface area contributed by atoms with Crippen LogP contribution < -0.4 is 5.32 Å². The van der Waals surface area contributed by atoms with Crippen molar-refractivity contribution in [2.24, 2.45) is 0 Å². The van der Waals surface area contributed by atoms with Gasteiger partial charge in [-0.3, -0.25) is 4.90 Å². The van der Waals surface area contributed by atoms with Crippen LogP contribution in [-0.2, 0) is 0 Å². The number of carbonyl (C=O) groups excluding carboxylic acids is 1. The number of nitrogens with zero attached hydrogens (tertiary/aromatic N) is 4. The lowest BCUT2D eigenvalue weighted by Gasteiger charge is -2.23. The van der Waals surface area contributed by atoms with Gasteiger partial charge in [-0.2, -0.15) is 5.10 Å². The number of urea groups is 1. The monoisotopic (exact) mass is 325 g/mol. The number of anilines is 1. The molecule has 1 aromatic heterocycles. The Labute approximate surface area is 142 Å². The summed E-state index contributed by atoms with van der Waals surface area (Å²) in [5, 5.41) is 7.25. The summed E-state index contributed by atoms with van der Waals surface area (Å²) in [6.45, 7) is 4.05. The molecule has 1 unspecified atom stereocenters. The molecule has 1 aromatic carbocycles. The molecule has 0 aliphatic carbocycles. The number of benzene rings is 1. The summed E-state index contributed by atoms with van der Waals surface area (Å²) in [5.41, 5.74) is 1.74. The molecule has 6 heteroatoms. The Morgan fingerprint density at radius 3 is 2.83 bits per heavy atom. The second-order valence-corrected chi connectivity index (χ2v) is 6.56. The van der Waals surface area contributed by atoms with Crippen molar-refractivity contribution in [2.75, 3.05) is 31.5 Å². The van der Waals surface area contributed by atoms with Crippen molar-refractivity contribution in [1.29, 1.82) is 0 Å². The minimum atomic E-state index is -0.00527. The van der Waals surface area contributed by atoms with E-state index in [-0.39, 0.29) is 6.03 Å². The highest BCUT2D eigenvalue weighted by Gasteiger charge is 2.31. The summed E-state index contributed by atoms with van der Waals surface area (Å²) >= 11 is 0. The first kappa shape index (κ1) is 15.2. The first-order chi connectivity index (χ1) is 11.8. The normalized spacial score (nSPS) is 21.3. The molecule has 1 atom stereocenters. The molecule has 126 valence electrons. The van der Waals surface area contributed by atoms with Crippen LogP contribution in [0.4, 0.5) is 10.5 Å². The van der Waals surface area contributed by atoms with Gasteiger partial charge >= 0.3 is 6.03 Å². The zero-order chi connectivity index (χ0) is 16.4. The van der Waals surface area contributed by atoms with Crippen LogP contribution in [0.2, 0.25) is 0 Å². The third-order valence-corrected chi connectivity index (χ3v) is 4.97. The maximum Gasteiger partial charge on any atom is 0.321 e. The Balaban J connectivity index is 1.39. The van der Waals surface area contributed by atoms with E-state index in [1.807, 2.05) is 41.4 Å². The van der Waals surface area contributed by atoms with Gasteiger partial charge in [0.25, 0.3) is 0 Å². The largest absolute Gasteiger partial charge is 0.323 e. The molecule has 2 aliphatic heterocycles. The molecule has 3 heterocycles. The van der Waals surface area contributed by atoms with Crippen molar-refractivity contribution < 1.29 is 4.79 Å². The predicted octanol–water partition coefficient (Wildman–Crippen LogP) is 2.57. The molecule has 2 aliphatic rings. The molecule has 0 saturated carbocycles. The van der Waals surface area contributed by atoms with E-state index in [1.165, 1.54) is 25.9 Å². The lowest BCUT2D eigenvalue weighted by Crippen LogP contribution is -2.38. The molecule has 4 rings (SSSR count). The summed E-state index contributed by atoms with van der Waals surface area (Å²) in [7, 11) is 0. The molecule has 2 saturated heterocycles. The number of likely N-dealkylation sites (tertiary alicyclic amines) is 2. The van der Waals surface area contributed by atoms with Crippen LogP contribution >= 0.6 is 0 Å². The minimum Gasteiger partial charge on any atom is -0.323 e. The van der Waals surface area contributed by atoms with Gasteiger partial charge < -0.3 is 10.2 Å². The Morgan fingerprint density at radius 1 is 1.17 bits per heavy atom. The highest BCUT2D eigenvalue weighted by Crippen LogP contribution is 2.21. The van der Waals surface area contributed by atoms with Gasteiger partial charge in [-0.15, -0.1) is 0 Å². The molecule has 0 spiro atoms. The van der Waals surface area contributed by atoms with Crippen molar-refractivity contribution in [1.82, 2.24) is 19.6 Å². The highest BCUT2D eigenvalue weighted by molar-refractivity contribution is 5.89. The van der Waals surface area contributed by atoms with Crippen LogP contribution in [0.1, 0.15) is 19.3 Å². The zero-order valence-corrected chi connectivity index (χ0v) is 13.8. The summed E-state index contributed by atoms with van der Waals surface area (Å²) in [5.74, 6) is 0. The average Bonchev–Trinajstić information content (AvgIpc) is 3.36. The molecule has 24 heavy (non-hydrogen) atoms. The maximum atomic E-state index is 12.5.